The maximum Gasteiger partial charge on any atom is 0.0615 e. The Morgan fingerprint density at radius 3 is 2.53 bits per heavy atom. The number of aliphatic hydroxyl groups is 1. The van der Waals surface area contributed by atoms with Gasteiger partial charge >= 0.3 is 0 Å². The summed E-state index contributed by atoms with van der Waals surface area (Å²) in [6.07, 6.45) is 3.72. The maximum atomic E-state index is 8.82. The van der Waals surface area contributed by atoms with Gasteiger partial charge in [-0.25, -0.2) is 0 Å². The fourth-order valence-corrected chi connectivity index (χ4v) is 2.11. The summed E-state index contributed by atoms with van der Waals surface area (Å²) >= 11 is 0. The van der Waals surface area contributed by atoms with Gasteiger partial charge in [0.15, 0.2) is 0 Å². The Bertz CT molecular complexity index is 523. The fraction of sp³-hybridized carbons (Fsp3) is 0.200. The Hall–Kier alpha value is -1.80. The molecule has 88 valence electrons. The number of hydrogen-bond donors (Lipinski definition) is 1. The highest BCUT2D eigenvalue weighted by atomic mass is 16.2. The van der Waals surface area contributed by atoms with Crippen LogP contribution in [0.2, 0.25) is 0 Å². The third-order valence-corrected chi connectivity index (χ3v) is 2.89. The monoisotopic (exact) mass is 227 g/mol. The smallest absolute Gasteiger partial charge is 0.0615 e. The number of nitrogens with zero attached hydrogens (tertiary/aromatic N) is 1. The van der Waals surface area contributed by atoms with Gasteiger partial charge in [-0.15, -0.1) is 0 Å². The predicted octanol–water partition coefficient (Wildman–Crippen LogP) is 3.10. The van der Waals surface area contributed by atoms with Crippen LogP contribution in [0.15, 0.2) is 42.5 Å². The molecular formula is C15H17NO. The zero-order valence-corrected chi connectivity index (χ0v) is 10.2. The Kier molecular flexibility index (Phi) is 3.45. The van der Waals surface area contributed by atoms with Crippen LogP contribution in [0.3, 0.4) is 0 Å². The zero-order valence-electron chi connectivity index (χ0n) is 10.2. The largest absolute Gasteiger partial charge is 0.392 e. The summed E-state index contributed by atoms with van der Waals surface area (Å²) in [5.74, 6) is 0. The van der Waals surface area contributed by atoms with Crippen molar-refractivity contribution in [3.05, 3.63) is 59.4 Å². The van der Waals surface area contributed by atoms with Crippen molar-refractivity contribution in [2.24, 2.45) is 0 Å². The molecule has 2 heteroatoms. The van der Waals surface area contributed by atoms with Crippen molar-refractivity contribution >= 4 is 6.08 Å². The lowest BCUT2D eigenvalue weighted by molar-refractivity contribution is 0.343. The van der Waals surface area contributed by atoms with E-state index in [1.165, 1.54) is 17.1 Å². The minimum atomic E-state index is 0.0784. The molecule has 1 heterocycles. The molecule has 0 bridgehead atoms. The molecule has 17 heavy (non-hydrogen) atoms. The molecule has 0 saturated carbocycles. The van der Waals surface area contributed by atoms with Gasteiger partial charge in [0, 0.05) is 17.1 Å². The first-order valence-corrected chi connectivity index (χ1v) is 5.76. The standard InChI is InChI=1S/C15H17NO/c1-12-11-14(7-6-10-17)13(2)16(12)15-8-4-3-5-9-15/h3-9,11,17H,10H2,1-2H3. The molecule has 0 saturated heterocycles. The molecule has 0 aliphatic rings. The van der Waals surface area contributed by atoms with Crippen molar-refractivity contribution in [3.63, 3.8) is 0 Å². The molecule has 0 amide bonds. The summed E-state index contributed by atoms with van der Waals surface area (Å²) in [4.78, 5) is 0. The molecule has 0 fully saturated rings. The van der Waals surface area contributed by atoms with Gasteiger partial charge in [0.25, 0.3) is 0 Å². The second-order valence-electron chi connectivity index (χ2n) is 4.08. The van der Waals surface area contributed by atoms with Crippen LogP contribution in [0.25, 0.3) is 11.8 Å². The van der Waals surface area contributed by atoms with E-state index in [1.807, 2.05) is 24.3 Å². The van der Waals surface area contributed by atoms with Gasteiger partial charge in [0.05, 0.1) is 6.61 Å². The lowest BCUT2D eigenvalue weighted by Gasteiger charge is -2.09. The third-order valence-electron chi connectivity index (χ3n) is 2.89. The van der Waals surface area contributed by atoms with Gasteiger partial charge in [0.1, 0.15) is 0 Å². The molecule has 1 aromatic carbocycles. The van der Waals surface area contributed by atoms with E-state index in [0.29, 0.717) is 0 Å². The fourth-order valence-electron chi connectivity index (χ4n) is 2.11. The first-order valence-electron chi connectivity index (χ1n) is 5.76. The van der Waals surface area contributed by atoms with Crippen LogP contribution in [0.4, 0.5) is 0 Å². The Labute approximate surface area is 102 Å². The van der Waals surface area contributed by atoms with Gasteiger partial charge in [-0.3, -0.25) is 0 Å². The molecule has 1 aromatic heterocycles. The molecule has 2 rings (SSSR count). The number of aromatic nitrogens is 1. The molecule has 0 radical (unpaired) electrons. The Morgan fingerprint density at radius 1 is 1.18 bits per heavy atom. The number of aliphatic hydroxyl groups excluding tert-OH is 1. The highest BCUT2D eigenvalue weighted by Gasteiger charge is 2.07. The van der Waals surface area contributed by atoms with E-state index in [-0.39, 0.29) is 6.61 Å². The molecule has 0 spiro atoms. The molecule has 0 unspecified atom stereocenters. The first-order chi connectivity index (χ1) is 8.24. The van der Waals surface area contributed by atoms with E-state index >= 15 is 0 Å². The van der Waals surface area contributed by atoms with Crippen molar-refractivity contribution in [1.29, 1.82) is 0 Å². The highest BCUT2D eigenvalue weighted by Crippen LogP contribution is 2.21. The second-order valence-corrected chi connectivity index (χ2v) is 4.08. The van der Waals surface area contributed by atoms with Crippen molar-refractivity contribution in [3.8, 4) is 5.69 Å². The summed E-state index contributed by atoms with van der Waals surface area (Å²) in [6, 6.07) is 12.4. The van der Waals surface area contributed by atoms with E-state index in [0.717, 1.165) is 5.56 Å². The van der Waals surface area contributed by atoms with Crippen molar-refractivity contribution in [2.45, 2.75) is 13.8 Å². The molecular weight excluding hydrogens is 210 g/mol. The number of para-hydroxylation sites is 1. The summed E-state index contributed by atoms with van der Waals surface area (Å²) in [5, 5.41) is 8.82. The lowest BCUT2D eigenvalue weighted by atomic mass is 10.2. The normalized spacial score (nSPS) is 11.2. The number of hydrogen-bond acceptors (Lipinski definition) is 1. The van der Waals surface area contributed by atoms with Crippen LogP contribution in [0.1, 0.15) is 17.0 Å². The molecule has 0 aliphatic carbocycles. The van der Waals surface area contributed by atoms with Gasteiger partial charge in [-0.1, -0.05) is 30.4 Å². The first kappa shape index (κ1) is 11.7. The summed E-state index contributed by atoms with van der Waals surface area (Å²) in [6.45, 7) is 4.27. The Balaban J connectivity index is 2.49. The van der Waals surface area contributed by atoms with Gasteiger partial charge in [-0.05, 0) is 37.6 Å². The summed E-state index contributed by atoms with van der Waals surface area (Å²) in [7, 11) is 0. The van der Waals surface area contributed by atoms with Crippen LogP contribution in [-0.4, -0.2) is 16.3 Å². The van der Waals surface area contributed by atoms with Crippen LogP contribution in [-0.2, 0) is 0 Å². The lowest BCUT2D eigenvalue weighted by Crippen LogP contribution is -1.98. The molecule has 2 nitrogen and oxygen atoms in total. The summed E-state index contributed by atoms with van der Waals surface area (Å²) in [5.41, 5.74) is 4.72. The minimum absolute atomic E-state index is 0.0784. The zero-order chi connectivity index (χ0) is 12.3. The van der Waals surface area contributed by atoms with Crippen LogP contribution in [0, 0.1) is 13.8 Å². The van der Waals surface area contributed by atoms with E-state index in [1.54, 1.807) is 6.08 Å². The predicted molar refractivity (Wildman–Crippen MR) is 71.4 cm³/mol. The van der Waals surface area contributed by atoms with E-state index in [2.05, 4.69) is 36.6 Å². The third kappa shape index (κ3) is 2.32. The second kappa shape index (κ2) is 5.02. The molecule has 2 aromatic rings. The summed E-state index contributed by atoms with van der Waals surface area (Å²) < 4.78 is 2.22. The van der Waals surface area contributed by atoms with Crippen LogP contribution in [0.5, 0.6) is 0 Å². The van der Waals surface area contributed by atoms with Crippen LogP contribution < -0.4 is 0 Å². The number of rotatable bonds is 3. The van der Waals surface area contributed by atoms with E-state index in [4.69, 9.17) is 5.11 Å². The van der Waals surface area contributed by atoms with Gasteiger partial charge < -0.3 is 9.67 Å². The molecule has 1 N–H and O–H groups in total. The highest BCUT2D eigenvalue weighted by molar-refractivity contribution is 5.56. The average molecular weight is 227 g/mol. The van der Waals surface area contributed by atoms with Crippen molar-refractivity contribution in [2.75, 3.05) is 6.61 Å². The van der Waals surface area contributed by atoms with E-state index < -0.39 is 0 Å². The maximum absolute atomic E-state index is 8.82. The topological polar surface area (TPSA) is 25.2 Å². The average Bonchev–Trinajstić information content (AvgIpc) is 2.63. The van der Waals surface area contributed by atoms with Gasteiger partial charge in [-0.2, -0.15) is 0 Å². The Morgan fingerprint density at radius 2 is 1.88 bits per heavy atom. The van der Waals surface area contributed by atoms with E-state index in [9.17, 15) is 0 Å². The van der Waals surface area contributed by atoms with Crippen molar-refractivity contribution < 1.29 is 5.11 Å². The van der Waals surface area contributed by atoms with Crippen LogP contribution >= 0.6 is 0 Å². The van der Waals surface area contributed by atoms with Gasteiger partial charge in [0.2, 0.25) is 0 Å². The SMILES string of the molecule is Cc1cc(C=CCO)c(C)n1-c1ccccc1. The number of benzene rings is 1. The molecule has 0 aliphatic heterocycles. The van der Waals surface area contributed by atoms with Crippen molar-refractivity contribution in [1.82, 2.24) is 4.57 Å². The molecule has 0 atom stereocenters. The quantitative estimate of drug-likeness (QED) is 0.856. The minimum Gasteiger partial charge on any atom is -0.392 e. The number of aryl methyl sites for hydroxylation is 1.